The molecule has 2 aromatic rings. The van der Waals surface area contributed by atoms with E-state index in [4.69, 9.17) is 0 Å². The van der Waals surface area contributed by atoms with Crippen LogP contribution in [0.2, 0.25) is 0 Å². The number of aryl methyl sites for hydroxylation is 2. The van der Waals surface area contributed by atoms with Gasteiger partial charge >= 0.3 is 0 Å². The highest BCUT2D eigenvalue weighted by Crippen LogP contribution is 2.08. The number of guanidine groups is 1. The maximum absolute atomic E-state index is 4.25. The molecule has 5 nitrogen and oxygen atoms in total. The Hall–Kier alpha value is -1.57. The minimum absolute atomic E-state index is 0. The molecule has 2 N–H and O–H groups in total. The van der Waals surface area contributed by atoms with E-state index in [1.54, 1.807) is 13.2 Å². The van der Waals surface area contributed by atoms with Crippen LogP contribution < -0.4 is 10.6 Å². The van der Waals surface area contributed by atoms with Crippen molar-refractivity contribution in [1.82, 2.24) is 20.4 Å². The molecule has 22 heavy (non-hydrogen) atoms. The quantitative estimate of drug-likeness (QED) is 0.450. The predicted octanol–water partition coefficient (Wildman–Crippen LogP) is 2.47. The van der Waals surface area contributed by atoms with Crippen molar-refractivity contribution in [1.29, 1.82) is 0 Å². The summed E-state index contributed by atoms with van der Waals surface area (Å²) < 4.78 is 1.85. The van der Waals surface area contributed by atoms with Gasteiger partial charge in [-0.3, -0.25) is 9.67 Å². The Morgan fingerprint density at radius 3 is 2.41 bits per heavy atom. The number of hydrogen-bond donors (Lipinski definition) is 2. The summed E-state index contributed by atoms with van der Waals surface area (Å²) in [4.78, 5) is 4.25. The number of aromatic nitrogens is 2. The number of nitrogens with one attached hydrogen (secondary N) is 2. The first kappa shape index (κ1) is 18.5. The number of rotatable bonds is 5. The Balaban J connectivity index is 0.00000242. The van der Waals surface area contributed by atoms with Crippen molar-refractivity contribution in [3.8, 4) is 0 Å². The molecule has 0 spiro atoms. The van der Waals surface area contributed by atoms with Crippen LogP contribution >= 0.6 is 24.0 Å². The smallest absolute Gasteiger partial charge is 0.191 e. The largest absolute Gasteiger partial charge is 0.352 e. The van der Waals surface area contributed by atoms with Crippen LogP contribution in [0.3, 0.4) is 0 Å². The molecule has 0 saturated heterocycles. The Morgan fingerprint density at radius 1 is 1.14 bits per heavy atom. The Morgan fingerprint density at radius 2 is 1.82 bits per heavy atom. The molecule has 0 aliphatic carbocycles. The SMILES string of the molecule is CCc1ccccc1CNC(=NC)NCc1ccnn1C.I. The van der Waals surface area contributed by atoms with Crippen molar-refractivity contribution in [2.24, 2.45) is 12.0 Å². The second-order valence-corrected chi connectivity index (χ2v) is 4.85. The molecule has 1 heterocycles. The van der Waals surface area contributed by atoms with Gasteiger partial charge in [0.2, 0.25) is 0 Å². The topological polar surface area (TPSA) is 54.2 Å². The summed E-state index contributed by atoms with van der Waals surface area (Å²) in [7, 11) is 3.72. The van der Waals surface area contributed by atoms with Gasteiger partial charge in [0, 0.05) is 26.8 Å². The lowest BCUT2D eigenvalue weighted by molar-refractivity contribution is 0.684. The van der Waals surface area contributed by atoms with Crippen LogP contribution in [-0.4, -0.2) is 22.8 Å². The van der Waals surface area contributed by atoms with E-state index in [-0.39, 0.29) is 24.0 Å². The standard InChI is InChI=1S/C16H23N5.HI/c1-4-13-7-5-6-8-14(13)11-18-16(17-2)19-12-15-9-10-20-21(15)3;/h5-10H,4,11-12H2,1-3H3,(H2,17,18,19);1H. The van der Waals surface area contributed by atoms with Gasteiger partial charge in [0.05, 0.1) is 12.2 Å². The van der Waals surface area contributed by atoms with Gasteiger partial charge in [0.25, 0.3) is 0 Å². The summed E-state index contributed by atoms with van der Waals surface area (Å²) in [5.41, 5.74) is 3.79. The third kappa shape index (κ3) is 5.01. The number of benzene rings is 1. The highest BCUT2D eigenvalue weighted by molar-refractivity contribution is 14.0. The molecule has 0 amide bonds. The van der Waals surface area contributed by atoms with Crippen molar-refractivity contribution in [2.45, 2.75) is 26.4 Å². The van der Waals surface area contributed by atoms with Gasteiger partial charge in [-0.2, -0.15) is 5.10 Å². The van der Waals surface area contributed by atoms with Gasteiger partial charge in [-0.25, -0.2) is 0 Å². The zero-order valence-electron chi connectivity index (χ0n) is 13.3. The van der Waals surface area contributed by atoms with Crippen LogP contribution in [0.25, 0.3) is 0 Å². The van der Waals surface area contributed by atoms with Crippen LogP contribution in [0.15, 0.2) is 41.5 Å². The number of nitrogens with zero attached hydrogens (tertiary/aromatic N) is 3. The first-order chi connectivity index (χ1) is 10.2. The van der Waals surface area contributed by atoms with Crippen LogP contribution in [0, 0.1) is 0 Å². The zero-order valence-corrected chi connectivity index (χ0v) is 15.7. The van der Waals surface area contributed by atoms with E-state index in [9.17, 15) is 0 Å². The summed E-state index contributed by atoms with van der Waals surface area (Å²) in [6, 6.07) is 10.5. The molecule has 1 aromatic carbocycles. The third-order valence-electron chi connectivity index (χ3n) is 3.53. The molecule has 0 aliphatic heterocycles. The molecule has 0 radical (unpaired) electrons. The van der Waals surface area contributed by atoms with E-state index in [0.717, 1.165) is 24.6 Å². The van der Waals surface area contributed by atoms with Crippen molar-refractivity contribution >= 4 is 29.9 Å². The molecule has 0 unspecified atom stereocenters. The first-order valence-electron chi connectivity index (χ1n) is 7.22. The fourth-order valence-corrected chi connectivity index (χ4v) is 2.22. The van der Waals surface area contributed by atoms with Gasteiger partial charge in [0.15, 0.2) is 5.96 Å². The van der Waals surface area contributed by atoms with Gasteiger partial charge in [0.1, 0.15) is 0 Å². The van der Waals surface area contributed by atoms with Gasteiger partial charge in [-0.15, -0.1) is 24.0 Å². The monoisotopic (exact) mass is 413 g/mol. The van der Waals surface area contributed by atoms with E-state index in [0.29, 0.717) is 6.54 Å². The van der Waals surface area contributed by atoms with Gasteiger partial charge in [-0.1, -0.05) is 31.2 Å². The second-order valence-electron chi connectivity index (χ2n) is 4.85. The molecule has 0 saturated carbocycles. The molecule has 6 heteroatoms. The molecule has 0 fully saturated rings. The normalized spacial score (nSPS) is 11.0. The van der Waals surface area contributed by atoms with Crippen molar-refractivity contribution < 1.29 is 0 Å². The molecular formula is C16H24IN5. The van der Waals surface area contributed by atoms with Crippen molar-refractivity contribution in [3.05, 3.63) is 53.3 Å². The number of aliphatic imine (C=N–C) groups is 1. The summed E-state index contributed by atoms with van der Waals surface area (Å²) in [5, 5.41) is 10.8. The zero-order chi connectivity index (χ0) is 15.1. The average molecular weight is 413 g/mol. The molecule has 120 valence electrons. The maximum atomic E-state index is 4.25. The summed E-state index contributed by atoms with van der Waals surface area (Å²) in [6.45, 7) is 3.65. The first-order valence-corrected chi connectivity index (χ1v) is 7.22. The van der Waals surface area contributed by atoms with Crippen molar-refractivity contribution in [3.63, 3.8) is 0 Å². The van der Waals surface area contributed by atoms with E-state index in [1.807, 2.05) is 17.8 Å². The Kier molecular flexibility index (Phi) is 7.94. The fourth-order valence-electron chi connectivity index (χ4n) is 2.22. The summed E-state index contributed by atoms with van der Waals surface area (Å²) in [6.07, 6.45) is 2.84. The van der Waals surface area contributed by atoms with Crippen molar-refractivity contribution in [2.75, 3.05) is 7.05 Å². The summed E-state index contributed by atoms with van der Waals surface area (Å²) >= 11 is 0. The lowest BCUT2D eigenvalue weighted by Gasteiger charge is -2.13. The minimum atomic E-state index is 0. The highest BCUT2D eigenvalue weighted by Gasteiger charge is 2.03. The average Bonchev–Trinajstić information content (AvgIpc) is 2.93. The Bertz CT molecular complexity index is 606. The van der Waals surface area contributed by atoms with E-state index < -0.39 is 0 Å². The van der Waals surface area contributed by atoms with Crippen LogP contribution in [0.4, 0.5) is 0 Å². The van der Waals surface area contributed by atoms with E-state index in [2.05, 4.69) is 51.9 Å². The Labute approximate surface area is 149 Å². The van der Waals surface area contributed by atoms with Crippen LogP contribution in [-0.2, 0) is 26.6 Å². The van der Waals surface area contributed by atoms with E-state index >= 15 is 0 Å². The second kappa shape index (κ2) is 9.45. The third-order valence-corrected chi connectivity index (χ3v) is 3.53. The maximum Gasteiger partial charge on any atom is 0.191 e. The minimum Gasteiger partial charge on any atom is -0.352 e. The molecule has 0 bridgehead atoms. The predicted molar refractivity (Wildman–Crippen MR) is 101 cm³/mol. The number of hydrogen-bond acceptors (Lipinski definition) is 2. The van der Waals surface area contributed by atoms with E-state index in [1.165, 1.54) is 11.1 Å². The van der Waals surface area contributed by atoms with Crippen LogP contribution in [0.1, 0.15) is 23.7 Å². The molecule has 1 aromatic heterocycles. The summed E-state index contributed by atoms with van der Waals surface area (Å²) in [5.74, 6) is 0.794. The lowest BCUT2D eigenvalue weighted by atomic mass is 10.1. The molecule has 0 atom stereocenters. The molecule has 2 rings (SSSR count). The number of halogens is 1. The molecule has 0 aliphatic rings. The highest BCUT2D eigenvalue weighted by atomic mass is 127. The fraction of sp³-hybridized carbons (Fsp3) is 0.375. The van der Waals surface area contributed by atoms with Gasteiger partial charge in [-0.05, 0) is 23.6 Å². The van der Waals surface area contributed by atoms with Gasteiger partial charge < -0.3 is 10.6 Å². The lowest BCUT2D eigenvalue weighted by Crippen LogP contribution is -2.36. The molecular weight excluding hydrogens is 389 g/mol. The van der Waals surface area contributed by atoms with Crippen LogP contribution in [0.5, 0.6) is 0 Å².